The summed E-state index contributed by atoms with van der Waals surface area (Å²) in [5.74, 6) is 0. The largest absolute Gasteiger partial charge is 0.377 e. The van der Waals surface area contributed by atoms with E-state index in [2.05, 4.69) is 38.9 Å². The number of likely N-dealkylation sites (N-methyl/N-ethyl adjacent to an activating group) is 1. The van der Waals surface area contributed by atoms with E-state index in [1.807, 2.05) is 20.0 Å². The molecular formula is C13H22BrN3O. The van der Waals surface area contributed by atoms with Gasteiger partial charge in [0, 0.05) is 36.0 Å². The van der Waals surface area contributed by atoms with Crippen LogP contribution in [0.4, 0.5) is 0 Å². The molecule has 0 saturated carbocycles. The highest BCUT2D eigenvalue weighted by Gasteiger charge is 2.15. The zero-order chi connectivity index (χ0) is 13.5. The fourth-order valence-corrected chi connectivity index (χ4v) is 2.15. The number of nitrogens with zero attached hydrogens (tertiary/aromatic N) is 2. The molecule has 0 aliphatic rings. The van der Waals surface area contributed by atoms with Crippen LogP contribution in [0.2, 0.25) is 0 Å². The van der Waals surface area contributed by atoms with E-state index in [0.717, 1.165) is 16.6 Å². The van der Waals surface area contributed by atoms with E-state index in [1.165, 1.54) is 0 Å². The molecule has 0 bridgehead atoms. The molecule has 102 valence electrons. The van der Waals surface area contributed by atoms with Gasteiger partial charge in [0.1, 0.15) is 0 Å². The summed E-state index contributed by atoms with van der Waals surface area (Å²) >= 11 is 3.43. The summed E-state index contributed by atoms with van der Waals surface area (Å²) in [5, 5.41) is 0. The van der Waals surface area contributed by atoms with Crippen LogP contribution in [0.25, 0.3) is 0 Å². The Morgan fingerprint density at radius 2 is 2.17 bits per heavy atom. The highest BCUT2D eigenvalue weighted by Crippen LogP contribution is 2.20. The molecule has 1 aromatic rings. The van der Waals surface area contributed by atoms with Crippen LogP contribution in [-0.4, -0.2) is 42.7 Å². The first kappa shape index (κ1) is 15.6. The van der Waals surface area contributed by atoms with Gasteiger partial charge < -0.3 is 10.5 Å². The molecule has 0 amide bonds. The Morgan fingerprint density at radius 1 is 1.44 bits per heavy atom. The SMILES string of the molecule is CC(C)OCCN(C)C(CN)c1cncc(Br)c1. The van der Waals surface area contributed by atoms with Gasteiger partial charge >= 0.3 is 0 Å². The smallest absolute Gasteiger partial charge is 0.0597 e. The fraction of sp³-hybridized carbons (Fsp3) is 0.615. The number of ether oxygens (including phenoxy) is 1. The van der Waals surface area contributed by atoms with Crippen LogP contribution in [0.15, 0.2) is 22.9 Å². The average Bonchev–Trinajstić information content (AvgIpc) is 2.29. The third-order valence-corrected chi connectivity index (χ3v) is 3.19. The van der Waals surface area contributed by atoms with Gasteiger partial charge in [0.05, 0.1) is 12.7 Å². The number of hydrogen-bond donors (Lipinski definition) is 1. The predicted molar refractivity (Wildman–Crippen MR) is 77.5 cm³/mol. The molecule has 0 aliphatic heterocycles. The van der Waals surface area contributed by atoms with Crippen LogP contribution in [0, 0.1) is 0 Å². The molecule has 0 radical (unpaired) electrons. The predicted octanol–water partition coefficient (Wildman–Crippen LogP) is 2.20. The molecule has 5 heteroatoms. The maximum absolute atomic E-state index is 5.86. The van der Waals surface area contributed by atoms with Crippen molar-refractivity contribution in [3.8, 4) is 0 Å². The van der Waals surface area contributed by atoms with Gasteiger partial charge in [-0.3, -0.25) is 9.88 Å². The van der Waals surface area contributed by atoms with Crippen LogP contribution in [0.3, 0.4) is 0 Å². The molecule has 0 fully saturated rings. The van der Waals surface area contributed by atoms with E-state index in [9.17, 15) is 0 Å². The first-order valence-electron chi connectivity index (χ1n) is 6.17. The zero-order valence-electron chi connectivity index (χ0n) is 11.3. The van der Waals surface area contributed by atoms with Crippen molar-refractivity contribution in [2.24, 2.45) is 5.73 Å². The van der Waals surface area contributed by atoms with Crippen molar-refractivity contribution in [3.63, 3.8) is 0 Å². The zero-order valence-corrected chi connectivity index (χ0v) is 12.9. The van der Waals surface area contributed by atoms with Gasteiger partial charge in [-0.05, 0) is 48.5 Å². The minimum atomic E-state index is 0.172. The van der Waals surface area contributed by atoms with Gasteiger partial charge in [-0.25, -0.2) is 0 Å². The van der Waals surface area contributed by atoms with Crippen molar-refractivity contribution in [1.82, 2.24) is 9.88 Å². The molecule has 18 heavy (non-hydrogen) atoms. The van der Waals surface area contributed by atoms with Gasteiger partial charge in [0.25, 0.3) is 0 Å². The lowest BCUT2D eigenvalue weighted by Gasteiger charge is -2.27. The van der Waals surface area contributed by atoms with Crippen LogP contribution in [0.1, 0.15) is 25.5 Å². The van der Waals surface area contributed by atoms with E-state index in [1.54, 1.807) is 6.20 Å². The Labute approximate surface area is 118 Å². The summed E-state index contributed by atoms with van der Waals surface area (Å²) in [7, 11) is 2.06. The molecule has 4 nitrogen and oxygen atoms in total. The number of nitrogens with two attached hydrogens (primary N) is 1. The Bertz CT molecular complexity index is 360. The number of aromatic nitrogens is 1. The molecule has 0 spiro atoms. The summed E-state index contributed by atoms with van der Waals surface area (Å²) in [6.45, 7) is 6.21. The Balaban J connectivity index is 2.59. The maximum Gasteiger partial charge on any atom is 0.0597 e. The molecule has 0 aromatic carbocycles. The topological polar surface area (TPSA) is 51.4 Å². The van der Waals surface area contributed by atoms with Gasteiger partial charge in [0.15, 0.2) is 0 Å². The number of rotatable bonds is 7. The molecule has 1 unspecified atom stereocenters. The minimum absolute atomic E-state index is 0.172. The molecule has 1 aromatic heterocycles. The van der Waals surface area contributed by atoms with E-state index >= 15 is 0 Å². The number of pyridine rings is 1. The Hall–Kier alpha value is -0.490. The lowest BCUT2D eigenvalue weighted by molar-refractivity contribution is 0.0564. The summed E-state index contributed by atoms with van der Waals surface area (Å²) < 4.78 is 6.54. The standard InChI is InChI=1S/C13H22BrN3O/c1-10(2)18-5-4-17(3)13(7-15)11-6-12(14)9-16-8-11/h6,8-10,13H,4-5,7,15H2,1-3H3. The van der Waals surface area contributed by atoms with Crippen LogP contribution >= 0.6 is 15.9 Å². The third kappa shape index (κ3) is 5.02. The lowest BCUT2D eigenvalue weighted by atomic mass is 10.1. The van der Waals surface area contributed by atoms with E-state index < -0.39 is 0 Å². The third-order valence-electron chi connectivity index (χ3n) is 2.76. The number of halogens is 1. The molecule has 1 heterocycles. The van der Waals surface area contributed by atoms with Crippen LogP contribution in [-0.2, 0) is 4.74 Å². The average molecular weight is 316 g/mol. The van der Waals surface area contributed by atoms with Crippen molar-refractivity contribution in [2.45, 2.75) is 26.0 Å². The highest BCUT2D eigenvalue weighted by atomic mass is 79.9. The van der Waals surface area contributed by atoms with Crippen molar-refractivity contribution in [3.05, 3.63) is 28.5 Å². The first-order chi connectivity index (χ1) is 8.54. The van der Waals surface area contributed by atoms with Gasteiger partial charge in [0.2, 0.25) is 0 Å². The second kappa shape index (κ2) is 7.84. The monoisotopic (exact) mass is 315 g/mol. The van der Waals surface area contributed by atoms with Crippen molar-refractivity contribution >= 4 is 15.9 Å². The summed E-state index contributed by atoms with van der Waals surface area (Å²) in [5.41, 5.74) is 6.99. The molecule has 2 N–H and O–H groups in total. The molecule has 1 rings (SSSR count). The van der Waals surface area contributed by atoms with Crippen LogP contribution in [0.5, 0.6) is 0 Å². The second-order valence-corrected chi connectivity index (χ2v) is 5.50. The molecular weight excluding hydrogens is 294 g/mol. The summed E-state index contributed by atoms with van der Waals surface area (Å²) in [6.07, 6.45) is 3.91. The van der Waals surface area contributed by atoms with Gasteiger partial charge in [-0.2, -0.15) is 0 Å². The minimum Gasteiger partial charge on any atom is -0.377 e. The normalized spacial score (nSPS) is 13.3. The lowest BCUT2D eigenvalue weighted by Crippen LogP contribution is -2.33. The quantitative estimate of drug-likeness (QED) is 0.838. The van der Waals surface area contributed by atoms with E-state index in [0.29, 0.717) is 13.2 Å². The van der Waals surface area contributed by atoms with Gasteiger partial charge in [-0.15, -0.1) is 0 Å². The Kier molecular flexibility index (Phi) is 6.78. The van der Waals surface area contributed by atoms with Crippen molar-refractivity contribution < 1.29 is 4.74 Å². The molecule has 1 atom stereocenters. The fourth-order valence-electron chi connectivity index (χ4n) is 1.77. The maximum atomic E-state index is 5.86. The molecule has 0 aliphatic carbocycles. The van der Waals surface area contributed by atoms with Crippen molar-refractivity contribution in [1.29, 1.82) is 0 Å². The summed E-state index contributed by atoms with van der Waals surface area (Å²) in [4.78, 5) is 6.38. The van der Waals surface area contributed by atoms with E-state index in [4.69, 9.17) is 10.5 Å². The van der Waals surface area contributed by atoms with Crippen LogP contribution < -0.4 is 5.73 Å². The van der Waals surface area contributed by atoms with E-state index in [-0.39, 0.29) is 12.1 Å². The first-order valence-corrected chi connectivity index (χ1v) is 6.96. The van der Waals surface area contributed by atoms with Gasteiger partial charge in [-0.1, -0.05) is 0 Å². The summed E-state index contributed by atoms with van der Waals surface area (Å²) in [6, 6.07) is 2.23. The number of hydrogen-bond acceptors (Lipinski definition) is 4. The highest BCUT2D eigenvalue weighted by molar-refractivity contribution is 9.10. The second-order valence-electron chi connectivity index (χ2n) is 4.59. The molecule has 0 saturated heterocycles. The van der Waals surface area contributed by atoms with Crippen molar-refractivity contribution in [2.75, 3.05) is 26.7 Å². The Morgan fingerprint density at radius 3 is 2.72 bits per heavy atom.